The molecule has 0 aliphatic rings. The Hall–Kier alpha value is -2.52. The predicted molar refractivity (Wildman–Crippen MR) is 95.8 cm³/mol. The van der Waals surface area contributed by atoms with Gasteiger partial charge in [0.05, 0.1) is 5.69 Å². The van der Waals surface area contributed by atoms with Crippen LogP contribution in [0.4, 0.5) is 5.69 Å². The minimum absolute atomic E-state index is 0.0536. The maximum atomic E-state index is 11.6. The van der Waals surface area contributed by atoms with Gasteiger partial charge in [-0.15, -0.1) is 0 Å². The summed E-state index contributed by atoms with van der Waals surface area (Å²) in [5.41, 5.74) is 0.871. The molecule has 0 fully saturated rings. The van der Waals surface area contributed by atoms with Crippen LogP contribution in [0.3, 0.4) is 0 Å². The first kappa shape index (κ1) is 15.4. The lowest BCUT2D eigenvalue weighted by Crippen LogP contribution is -2.12. The number of hydrogen-bond donors (Lipinski definition) is 1. The molecule has 114 valence electrons. The summed E-state index contributed by atoms with van der Waals surface area (Å²) in [4.78, 5) is 15.1. The maximum Gasteiger partial charge on any atom is 0.221 e. The number of anilines is 1. The molecular weight excluding hydrogens is 302 g/mol. The van der Waals surface area contributed by atoms with Gasteiger partial charge in [0, 0.05) is 6.92 Å². The zero-order chi connectivity index (χ0) is 16.1. The number of para-hydroxylation sites is 1. The molecule has 3 rings (SSSR count). The Morgan fingerprint density at radius 2 is 1.22 bits per heavy atom. The highest BCUT2D eigenvalue weighted by molar-refractivity contribution is 7.97. The summed E-state index contributed by atoms with van der Waals surface area (Å²) >= 11 is 0. The van der Waals surface area contributed by atoms with Crippen molar-refractivity contribution in [3.63, 3.8) is 0 Å². The molecule has 0 saturated heterocycles. The normalized spacial score (nSPS) is 10.5. The van der Waals surface area contributed by atoms with Gasteiger partial charge in [-0.2, -0.15) is 0 Å². The second-order valence-electron chi connectivity index (χ2n) is 5.11. The van der Waals surface area contributed by atoms with Crippen molar-refractivity contribution in [3.8, 4) is 0 Å². The van der Waals surface area contributed by atoms with Crippen molar-refractivity contribution in [2.75, 3.05) is 5.32 Å². The molecule has 0 atom stereocenters. The molecule has 0 aliphatic heterocycles. The van der Waals surface area contributed by atoms with Gasteiger partial charge in [0.2, 0.25) is 5.91 Å². The Balaban J connectivity index is 2.15. The average molecular weight is 320 g/mol. The lowest BCUT2D eigenvalue weighted by atomic mass is 10.3. The van der Waals surface area contributed by atoms with Crippen LogP contribution in [0.5, 0.6) is 0 Å². The largest absolute Gasteiger partial charge is 0.322 e. The van der Waals surface area contributed by atoms with Gasteiger partial charge < -0.3 is 5.32 Å². The second kappa shape index (κ2) is 7.16. The Labute approximate surface area is 139 Å². The lowest BCUT2D eigenvalue weighted by Gasteiger charge is -2.12. The molecule has 0 aliphatic carbocycles. The van der Waals surface area contributed by atoms with Crippen LogP contribution in [0.25, 0.3) is 0 Å². The third kappa shape index (κ3) is 3.63. The van der Waals surface area contributed by atoms with Crippen LogP contribution >= 0.6 is 0 Å². The number of carbonyl (C=O) groups excluding carboxylic acids is 1. The first-order valence-corrected chi connectivity index (χ1v) is 8.69. The topological polar surface area (TPSA) is 29.1 Å². The molecule has 0 unspecified atom stereocenters. The third-order valence-corrected chi connectivity index (χ3v) is 5.66. The predicted octanol–water partition coefficient (Wildman–Crippen LogP) is 4.74. The van der Waals surface area contributed by atoms with E-state index in [1.54, 1.807) is 6.92 Å². The molecule has 0 spiro atoms. The Kier molecular flexibility index (Phi) is 4.79. The van der Waals surface area contributed by atoms with E-state index in [0.29, 0.717) is 0 Å². The highest BCUT2D eigenvalue weighted by atomic mass is 32.2. The summed E-state index contributed by atoms with van der Waals surface area (Å²) in [5.74, 6) is -0.0536. The summed E-state index contributed by atoms with van der Waals surface area (Å²) in [7, 11) is -0.257. The van der Waals surface area contributed by atoms with Gasteiger partial charge in [0.15, 0.2) is 14.7 Å². The molecule has 0 bridgehead atoms. The van der Waals surface area contributed by atoms with Gasteiger partial charge in [-0.1, -0.05) is 48.5 Å². The smallest absolute Gasteiger partial charge is 0.221 e. The zero-order valence-electron chi connectivity index (χ0n) is 12.9. The van der Waals surface area contributed by atoms with Crippen LogP contribution in [0.1, 0.15) is 6.92 Å². The van der Waals surface area contributed by atoms with E-state index in [-0.39, 0.29) is 16.8 Å². The van der Waals surface area contributed by atoms with Crippen molar-refractivity contribution in [2.24, 2.45) is 0 Å². The van der Waals surface area contributed by atoms with Crippen molar-refractivity contribution in [3.05, 3.63) is 84.9 Å². The summed E-state index contributed by atoms with van der Waals surface area (Å²) < 4.78 is 0. The Bertz CT molecular complexity index is 748. The van der Waals surface area contributed by atoms with Crippen LogP contribution in [-0.2, 0) is 15.7 Å². The fourth-order valence-corrected chi connectivity index (χ4v) is 4.63. The first-order valence-electron chi connectivity index (χ1n) is 7.47. The molecule has 0 radical (unpaired) electrons. The van der Waals surface area contributed by atoms with E-state index < -0.39 is 0 Å². The van der Waals surface area contributed by atoms with Crippen LogP contribution in [0, 0.1) is 0 Å². The molecule has 3 heteroatoms. The van der Waals surface area contributed by atoms with Crippen LogP contribution in [0.15, 0.2) is 99.6 Å². The molecule has 23 heavy (non-hydrogen) atoms. The minimum atomic E-state index is -0.257. The van der Waals surface area contributed by atoms with Crippen LogP contribution in [-0.4, -0.2) is 5.91 Å². The number of nitrogens with one attached hydrogen (secondary N) is 1. The first-order chi connectivity index (χ1) is 11.3. The van der Waals surface area contributed by atoms with Gasteiger partial charge in [0.1, 0.15) is 10.9 Å². The molecule has 1 amide bonds. The number of rotatable bonds is 4. The van der Waals surface area contributed by atoms with Crippen molar-refractivity contribution in [1.29, 1.82) is 0 Å². The molecule has 0 saturated carbocycles. The van der Waals surface area contributed by atoms with Crippen molar-refractivity contribution >= 4 is 22.5 Å². The molecule has 1 N–H and O–H groups in total. The molecule has 3 aromatic carbocycles. The fraction of sp³-hybridized carbons (Fsp3) is 0.0500. The van der Waals surface area contributed by atoms with E-state index in [0.717, 1.165) is 10.6 Å². The molecule has 0 heterocycles. The molecule has 0 aromatic heterocycles. The fourth-order valence-electron chi connectivity index (χ4n) is 2.44. The molecular formula is C20H18NOS+. The molecule has 3 aromatic rings. The number of benzene rings is 3. The quantitative estimate of drug-likeness (QED) is 0.691. The van der Waals surface area contributed by atoms with Crippen LogP contribution in [0.2, 0.25) is 0 Å². The van der Waals surface area contributed by atoms with E-state index in [4.69, 9.17) is 0 Å². The third-order valence-electron chi connectivity index (χ3n) is 3.38. The van der Waals surface area contributed by atoms with Crippen molar-refractivity contribution in [2.45, 2.75) is 21.6 Å². The number of amides is 1. The summed E-state index contributed by atoms with van der Waals surface area (Å²) in [6, 6.07) is 28.8. The molecule has 2 nitrogen and oxygen atoms in total. The lowest BCUT2D eigenvalue weighted by molar-refractivity contribution is -0.114. The summed E-state index contributed by atoms with van der Waals surface area (Å²) in [5, 5.41) is 2.96. The highest BCUT2D eigenvalue weighted by Crippen LogP contribution is 2.35. The van der Waals surface area contributed by atoms with Gasteiger partial charge in [-0.05, 0) is 36.4 Å². The SMILES string of the molecule is CC(=O)Nc1ccccc1[S+](c1ccccc1)c1ccccc1. The zero-order valence-corrected chi connectivity index (χ0v) is 13.7. The monoisotopic (exact) mass is 320 g/mol. The Morgan fingerprint density at radius 3 is 1.74 bits per heavy atom. The highest BCUT2D eigenvalue weighted by Gasteiger charge is 2.31. The van der Waals surface area contributed by atoms with E-state index >= 15 is 0 Å². The van der Waals surface area contributed by atoms with Crippen molar-refractivity contribution < 1.29 is 4.79 Å². The van der Waals surface area contributed by atoms with Gasteiger partial charge in [0.25, 0.3) is 0 Å². The number of hydrogen-bond acceptors (Lipinski definition) is 1. The maximum absolute atomic E-state index is 11.6. The summed E-state index contributed by atoms with van der Waals surface area (Å²) in [6.07, 6.45) is 0. The van der Waals surface area contributed by atoms with Gasteiger partial charge >= 0.3 is 0 Å². The second-order valence-corrected chi connectivity index (χ2v) is 7.10. The van der Waals surface area contributed by atoms with Crippen molar-refractivity contribution in [1.82, 2.24) is 0 Å². The minimum Gasteiger partial charge on any atom is -0.322 e. The van der Waals surface area contributed by atoms with E-state index in [9.17, 15) is 4.79 Å². The summed E-state index contributed by atoms with van der Waals surface area (Å²) in [6.45, 7) is 1.54. The average Bonchev–Trinajstić information content (AvgIpc) is 2.58. The van der Waals surface area contributed by atoms with E-state index in [1.165, 1.54) is 9.79 Å². The standard InChI is InChI=1S/C20H17NOS/c1-16(22)21-19-14-8-9-15-20(19)23(17-10-4-2-5-11-17)18-12-6-3-7-13-18/h2-15H,1H3/p+1. The van der Waals surface area contributed by atoms with Crippen LogP contribution < -0.4 is 5.32 Å². The van der Waals surface area contributed by atoms with E-state index in [1.807, 2.05) is 30.3 Å². The Morgan fingerprint density at radius 1 is 0.739 bits per heavy atom. The van der Waals surface area contributed by atoms with Gasteiger partial charge in [-0.3, -0.25) is 4.79 Å². The van der Waals surface area contributed by atoms with E-state index in [2.05, 4.69) is 59.9 Å². The number of carbonyl (C=O) groups is 1. The van der Waals surface area contributed by atoms with Gasteiger partial charge in [-0.25, -0.2) is 0 Å².